The number of hydrogen-bond acceptors (Lipinski definition) is 8. The fraction of sp³-hybridized carbons (Fsp3) is 0.333. The summed E-state index contributed by atoms with van der Waals surface area (Å²) in [6.45, 7) is 4.74. The number of unbranched alkanes of at least 4 members (excludes halogenated alkanes) is 2. The predicted octanol–water partition coefficient (Wildman–Crippen LogP) is 12.9. The van der Waals surface area contributed by atoms with E-state index in [-0.39, 0.29) is 34.9 Å². The molecule has 1 aromatic carbocycles. The van der Waals surface area contributed by atoms with Gasteiger partial charge in [0.2, 0.25) is 15.2 Å². The van der Waals surface area contributed by atoms with Crippen molar-refractivity contribution in [2.24, 2.45) is 0 Å². The van der Waals surface area contributed by atoms with Crippen molar-refractivity contribution in [3.05, 3.63) is 88.4 Å². The molecule has 0 aliphatic carbocycles. The second-order valence-corrected chi connectivity index (χ2v) is 19.1. The second-order valence-electron chi connectivity index (χ2n) is 9.93. The Morgan fingerprint density at radius 3 is 1.40 bits per heavy atom. The predicted molar refractivity (Wildman–Crippen MR) is 209 cm³/mol. The molecule has 0 saturated carbocycles. The minimum Gasteiger partial charge on any atom is -0.494 e. The molecule has 0 saturated heterocycles. The van der Waals surface area contributed by atoms with E-state index in [0.29, 0.717) is 12.4 Å². The summed E-state index contributed by atoms with van der Waals surface area (Å²) in [6, 6.07) is 9.39. The molecule has 20 heteroatoms. The number of furan rings is 1. The van der Waals surface area contributed by atoms with E-state index < -0.39 is 15.2 Å². The zero-order valence-corrected chi connectivity index (χ0v) is 34.7. The lowest BCUT2D eigenvalue weighted by Crippen LogP contribution is -2.16. The minimum absolute atomic E-state index is 0.135. The second kappa shape index (κ2) is 19.0. The molecule has 0 amide bonds. The lowest BCUT2D eigenvalue weighted by molar-refractivity contribution is 0.306. The molecule has 3 heterocycles. The van der Waals surface area contributed by atoms with Crippen molar-refractivity contribution in [1.29, 1.82) is 0 Å². The van der Waals surface area contributed by atoms with Gasteiger partial charge in [-0.05, 0) is 60.9 Å². The first kappa shape index (κ1) is 43.7. The molecule has 0 unspecified atom stereocenters. The Balaban J connectivity index is 0.000000278. The lowest BCUT2D eigenvalue weighted by atomic mass is 10.2. The van der Waals surface area contributed by atoms with Gasteiger partial charge in [-0.25, -0.2) is 29.9 Å². The summed E-state index contributed by atoms with van der Waals surface area (Å²) in [6.07, 6.45) is 11.5. The van der Waals surface area contributed by atoms with Crippen LogP contribution in [0.3, 0.4) is 0 Å². The van der Waals surface area contributed by atoms with Gasteiger partial charge in [0.1, 0.15) is 11.5 Å². The van der Waals surface area contributed by atoms with Crippen molar-refractivity contribution in [2.75, 3.05) is 6.61 Å². The topological polar surface area (TPSA) is 99.7 Å². The maximum absolute atomic E-state index is 5.86. The first-order valence-corrected chi connectivity index (χ1v) is 18.6. The zero-order valence-electron chi connectivity index (χ0n) is 25.6. The SMILES string of the molecule is CCCCCOc1ccc(C=Cc2nc(C(Cl)(Cl)Cl)nc(C(Cl)(Cl)Cl)n2)cc1.Cc1ccoc1C=Cc1nc(C(Cl)(Cl)Cl)nc(C(Cl)(Cl)Cl)n1. The van der Waals surface area contributed by atoms with Crippen molar-refractivity contribution in [1.82, 2.24) is 29.9 Å². The van der Waals surface area contributed by atoms with Gasteiger partial charge in [0.15, 0.2) is 34.9 Å². The highest BCUT2D eigenvalue weighted by Crippen LogP contribution is 2.41. The van der Waals surface area contributed by atoms with Gasteiger partial charge in [-0.3, -0.25) is 0 Å². The molecule has 0 aliphatic heterocycles. The van der Waals surface area contributed by atoms with E-state index in [1.54, 1.807) is 24.5 Å². The van der Waals surface area contributed by atoms with Crippen molar-refractivity contribution in [3.8, 4) is 5.75 Å². The van der Waals surface area contributed by atoms with Crippen LogP contribution in [0.25, 0.3) is 24.3 Å². The van der Waals surface area contributed by atoms with Crippen molar-refractivity contribution in [3.63, 3.8) is 0 Å². The molecule has 0 atom stereocenters. The maximum Gasteiger partial charge on any atom is 0.250 e. The van der Waals surface area contributed by atoms with Crippen LogP contribution in [0.1, 0.15) is 78.0 Å². The largest absolute Gasteiger partial charge is 0.494 e. The molecule has 0 aliphatic rings. The average Bonchev–Trinajstić information content (AvgIpc) is 3.44. The highest BCUT2D eigenvalue weighted by atomic mass is 35.6. The van der Waals surface area contributed by atoms with Crippen LogP contribution in [0.5, 0.6) is 5.75 Å². The Morgan fingerprint density at radius 2 is 1.02 bits per heavy atom. The van der Waals surface area contributed by atoms with Crippen LogP contribution in [0, 0.1) is 6.92 Å². The Hall–Kier alpha value is -0.720. The monoisotopic (exact) mass is 920 g/mol. The van der Waals surface area contributed by atoms with Gasteiger partial charge in [-0.1, -0.05) is 177 Å². The van der Waals surface area contributed by atoms with E-state index in [1.165, 1.54) is 6.08 Å². The number of alkyl halides is 12. The number of ether oxygens (including phenoxy) is 1. The third kappa shape index (κ3) is 14.6. The van der Waals surface area contributed by atoms with Crippen LogP contribution in [-0.2, 0) is 15.2 Å². The van der Waals surface area contributed by atoms with E-state index in [0.717, 1.165) is 36.1 Å². The molecule has 270 valence electrons. The van der Waals surface area contributed by atoms with Crippen molar-refractivity contribution < 1.29 is 9.15 Å². The van der Waals surface area contributed by atoms with Crippen LogP contribution in [0.15, 0.2) is 41.0 Å². The third-order valence-electron chi connectivity index (χ3n) is 5.93. The molecular weight excluding hydrogens is 902 g/mol. The molecule has 4 aromatic rings. The first-order valence-electron chi connectivity index (χ1n) is 14.1. The molecule has 0 bridgehead atoms. The summed E-state index contributed by atoms with van der Waals surface area (Å²) in [7, 11) is 0. The lowest BCUT2D eigenvalue weighted by Gasteiger charge is -2.14. The van der Waals surface area contributed by atoms with Crippen LogP contribution in [0.4, 0.5) is 0 Å². The normalized spacial score (nSPS) is 12.8. The smallest absolute Gasteiger partial charge is 0.250 e. The van der Waals surface area contributed by atoms with E-state index in [4.69, 9.17) is 148 Å². The van der Waals surface area contributed by atoms with E-state index in [9.17, 15) is 0 Å². The van der Waals surface area contributed by atoms with E-state index in [2.05, 4.69) is 36.8 Å². The van der Waals surface area contributed by atoms with E-state index >= 15 is 0 Å². The van der Waals surface area contributed by atoms with Gasteiger partial charge in [0.25, 0.3) is 0 Å². The highest BCUT2D eigenvalue weighted by Gasteiger charge is 2.34. The molecule has 0 spiro atoms. The molecular formula is C30H24Cl12N6O2. The summed E-state index contributed by atoms with van der Waals surface area (Å²) in [5, 5.41) is 0. The van der Waals surface area contributed by atoms with Gasteiger partial charge < -0.3 is 9.15 Å². The summed E-state index contributed by atoms with van der Waals surface area (Å²) in [5.74, 6) is 1.23. The summed E-state index contributed by atoms with van der Waals surface area (Å²) in [4.78, 5) is 24.0. The number of benzene rings is 1. The number of rotatable bonds is 9. The summed E-state index contributed by atoms with van der Waals surface area (Å²) in [5.41, 5.74) is 1.83. The molecule has 8 nitrogen and oxygen atoms in total. The van der Waals surface area contributed by atoms with Gasteiger partial charge in [0.05, 0.1) is 12.9 Å². The molecule has 3 aromatic heterocycles. The first-order chi connectivity index (χ1) is 23.2. The fourth-order valence-electron chi connectivity index (χ4n) is 3.53. The quantitative estimate of drug-likeness (QED) is 0.121. The van der Waals surface area contributed by atoms with Crippen LogP contribution in [0.2, 0.25) is 0 Å². The third-order valence-corrected chi connectivity index (χ3v) is 7.96. The van der Waals surface area contributed by atoms with Crippen LogP contribution >= 0.6 is 139 Å². The van der Waals surface area contributed by atoms with Crippen molar-refractivity contribution in [2.45, 2.75) is 48.3 Å². The Labute approximate surface area is 348 Å². The van der Waals surface area contributed by atoms with Gasteiger partial charge in [0, 0.05) is 0 Å². The molecule has 0 N–H and O–H groups in total. The minimum atomic E-state index is -1.88. The van der Waals surface area contributed by atoms with Crippen molar-refractivity contribution >= 4 is 164 Å². The zero-order chi connectivity index (χ0) is 37.3. The standard InChI is InChI=1S/C18H17Cl6N3O.C12H7Cl6N3O/c1-2-3-4-11-28-13-8-5-12(6-9-13)7-10-14-25-15(17(19,20)21)27-16(26-14)18(22,23)24;1-6-4-5-22-7(6)2-3-8-19-9(11(13,14)15)21-10(20-8)12(16,17)18/h5-10H,2-4,11H2,1H3;2-5H,1H3. The van der Waals surface area contributed by atoms with Crippen LogP contribution in [-0.4, -0.2) is 36.5 Å². The summed E-state index contributed by atoms with van der Waals surface area (Å²) >= 11 is 69.9. The molecule has 50 heavy (non-hydrogen) atoms. The Kier molecular flexibility index (Phi) is 16.6. The number of nitrogens with zero attached hydrogens (tertiary/aromatic N) is 6. The molecule has 0 radical (unpaired) electrons. The van der Waals surface area contributed by atoms with E-state index in [1.807, 2.05) is 37.3 Å². The maximum atomic E-state index is 5.86. The average molecular weight is 926 g/mol. The molecule has 4 rings (SSSR count). The Bertz CT molecular complexity index is 1700. The number of aryl methyl sites for hydroxylation is 1. The number of hydrogen-bond donors (Lipinski definition) is 0. The highest BCUT2D eigenvalue weighted by molar-refractivity contribution is 6.68. The number of aromatic nitrogens is 6. The van der Waals surface area contributed by atoms with Gasteiger partial charge in [-0.15, -0.1) is 0 Å². The Morgan fingerprint density at radius 1 is 0.580 bits per heavy atom. The van der Waals surface area contributed by atoms with Gasteiger partial charge >= 0.3 is 0 Å². The fourth-order valence-corrected chi connectivity index (χ4v) is 4.55. The van der Waals surface area contributed by atoms with Crippen LogP contribution < -0.4 is 4.74 Å². The molecule has 0 fully saturated rings. The number of halogens is 12. The summed E-state index contributed by atoms with van der Waals surface area (Å²) < 4.78 is 3.43. The van der Waals surface area contributed by atoms with Gasteiger partial charge in [-0.2, -0.15) is 0 Å².